The van der Waals surface area contributed by atoms with Crippen LogP contribution >= 0.6 is 0 Å². The van der Waals surface area contributed by atoms with E-state index in [-0.39, 0.29) is 16.9 Å². The van der Waals surface area contributed by atoms with E-state index in [9.17, 15) is 9.59 Å². The van der Waals surface area contributed by atoms with Crippen LogP contribution in [0.3, 0.4) is 0 Å². The second kappa shape index (κ2) is 7.76. The molecule has 5 rings (SSSR count). The van der Waals surface area contributed by atoms with Gasteiger partial charge in [0.2, 0.25) is 5.91 Å². The fourth-order valence-corrected chi connectivity index (χ4v) is 5.68. The van der Waals surface area contributed by atoms with Crippen LogP contribution in [-0.4, -0.2) is 56.0 Å². The summed E-state index contributed by atoms with van der Waals surface area (Å²) >= 11 is 0. The molecule has 0 aromatic carbocycles. The maximum Gasteiger partial charge on any atom is 0.277 e. The number of piperidine rings is 1. The summed E-state index contributed by atoms with van der Waals surface area (Å²) in [6, 6.07) is 2.69. The van der Waals surface area contributed by atoms with Gasteiger partial charge in [0.15, 0.2) is 5.65 Å². The average molecular weight is 426 g/mol. The van der Waals surface area contributed by atoms with Gasteiger partial charge in [0, 0.05) is 61.7 Å². The smallest absolute Gasteiger partial charge is 0.277 e. The van der Waals surface area contributed by atoms with Gasteiger partial charge in [-0.15, -0.1) is 0 Å². The van der Waals surface area contributed by atoms with Crippen LogP contribution in [0.4, 0.5) is 0 Å². The molecule has 31 heavy (non-hydrogen) atoms. The van der Waals surface area contributed by atoms with E-state index >= 15 is 0 Å². The Balaban J connectivity index is 1.35. The van der Waals surface area contributed by atoms with E-state index in [0.29, 0.717) is 12.0 Å². The first-order valence-corrected chi connectivity index (χ1v) is 12.0. The number of fused-ring (bicyclic) bond motifs is 2. The zero-order valence-electron chi connectivity index (χ0n) is 19.1. The summed E-state index contributed by atoms with van der Waals surface area (Å²) in [6.45, 7) is 9.22. The highest BCUT2D eigenvalue weighted by molar-refractivity contribution is 5.81. The Morgan fingerprint density at radius 2 is 1.81 bits per heavy atom. The summed E-state index contributed by atoms with van der Waals surface area (Å²) in [7, 11) is 0. The molecule has 1 N–H and O–H groups in total. The van der Waals surface area contributed by atoms with Crippen LogP contribution < -0.4 is 5.56 Å². The molecule has 1 aliphatic carbocycles. The molecule has 1 saturated heterocycles. The number of aromatic nitrogens is 3. The molecule has 2 aromatic heterocycles. The van der Waals surface area contributed by atoms with Crippen molar-refractivity contribution in [2.24, 2.45) is 5.41 Å². The predicted octanol–water partition coefficient (Wildman–Crippen LogP) is 3.08. The van der Waals surface area contributed by atoms with Crippen LogP contribution in [-0.2, 0) is 17.8 Å². The van der Waals surface area contributed by atoms with Gasteiger partial charge < -0.3 is 4.90 Å². The van der Waals surface area contributed by atoms with Crippen LogP contribution in [0.5, 0.6) is 0 Å². The lowest BCUT2D eigenvalue weighted by molar-refractivity contribution is -0.140. The van der Waals surface area contributed by atoms with Gasteiger partial charge in [-0.2, -0.15) is 0 Å². The molecule has 7 nitrogen and oxygen atoms in total. The molecule has 1 saturated carbocycles. The molecular weight excluding hydrogens is 390 g/mol. The zero-order valence-corrected chi connectivity index (χ0v) is 19.1. The number of hydrogen-bond donors (Lipinski definition) is 1. The summed E-state index contributed by atoms with van der Waals surface area (Å²) in [6.07, 6.45) is 7.84. The largest absolute Gasteiger partial charge is 0.342 e. The molecule has 0 atom stereocenters. The third-order valence-electron chi connectivity index (χ3n) is 7.52. The Hall–Kier alpha value is -2.15. The van der Waals surface area contributed by atoms with Crippen molar-refractivity contribution >= 4 is 11.6 Å². The van der Waals surface area contributed by atoms with Gasteiger partial charge in [0.05, 0.1) is 11.3 Å². The monoisotopic (exact) mass is 425 g/mol. The van der Waals surface area contributed by atoms with Gasteiger partial charge in [0.1, 0.15) is 0 Å². The van der Waals surface area contributed by atoms with Crippen molar-refractivity contribution in [3.63, 3.8) is 0 Å². The number of nitrogens with one attached hydrogen (secondary N) is 1. The number of amides is 1. The third-order valence-corrected chi connectivity index (χ3v) is 7.52. The summed E-state index contributed by atoms with van der Waals surface area (Å²) in [5, 5.41) is 3.36. The number of carbonyl (C=O) groups is 1. The highest BCUT2D eigenvalue weighted by Crippen LogP contribution is 2.31. The molecule has 7 heteroatoms. The molecular formula is C24H35N5O2. The van der Waals surface area contributed by atoms with Crippen molar-refractivity contribution in [2.75, 3.05) is 19.6 Å². The van der Waals surface area contributed by atoms with Crippen LogP contribution in [0.25, 0.3) is 5.65 Å². The van der Waals surface area contributed by atoms with Crippen LogP contribution in [0.1, 0.15) is 82.2 Å². The number of hydrogen-bond acceptors (Lipinski definition) is 4. The Morgan fingerprint density at radius 3 is 2.48 bits per heavy atom. The minimum absolute atomic E-state index is 0.0642. The van der Waals surface area contributed by atoms with Crippen molar-refractivity contribution in [3.8, 4) is 0 Å². The van der Waals surface area contributed by atoms with Crippen molar-refractivity contribution in [2.45, 2.75) is 84.2 Å². The number of likely N-dealkylation sites (tertiary alicyclic amines) is 1. The Labute approximate surface area is 183 Å². The second-order valence-corrected chi connectivity index (χ2v) is 10.7. The van der Waals surface area contributed by atoms with Crippen molar-refractivity contribution in [3.05, 3.63) is 33.4 Å². The van der Waals surface area contributed by atoms with E-state index in [0.717, 1.165) is 68.0 Å². The van der Waals surface area contributed by atoms with E-state index in [1.54, 1.807) is 4.52 Å². The van der Waals surface area contributed by atoms with E-state index in [2.05, 4.69) is 16.1 Å². The minimum atomic E-state index is -0.337. The molecule has 4 heterocycles. The third kappa shape index (κ3) is 3.81. The van der Waals surface area contributed by atoms with Gasteiger partial charge in [-0.05, 0) is 25.7 Å². The number of aromatic amines is 1. The Morgan fingerprint density at radius 1 is 1.10 bits per heavy atom. The lowest BCUT2D eigenvalue weighted by Crippen LogP contribution is -2.43. The summed E-state index contributed by atoms with van der Waals surface area (Å²) in [4.78, 5) is 35.2. The van der Waals surface area contributed by atoms with Crippen LogP contribution in [0, 0.1) is 5.41 Å². The first-order valence-electron chi connectivity index (χ1n) is 12.0. The van der Waals surface area contributed by atoms with E-state index in [4.69, 9.17) is 4.98 Å². The number of nitrogens with zero attached hydrogens (tertiary/aromatic N) is 4. The number of H-pyrrole nitrogens is 1. The standard InChI is InChI=1S/C24H35N5O2/c1-24(2,3)23(31)27-11-8-16(9-12-27)20-14-21-25-19-10-13-28(17-6-4-5-7-17)15-18(19)22(30)29(21)26-20/h14,16-17,26H,4-13,15H2,1-3H3. The maximum atomic E-state index is 13.3. The van der Waals surface area contributed by atoms with Gasteiger partial charge in [0.25, 0.3) is 5.56 Å². The highest BCUT2D eigenvalue weighted by Gasteiger charge is 2.32. The Kier molecular flexibility index (Phi) is 5.19. The number of rotatable bonds is 2. The highest BCUT2D eigenvalue weighted by atomic mass is 16.2. The summed E-state index contributed by atoms with van der Waals surface area (Å²) in [5.74, 6) is 0.553. The molecule has 3 aliphatic rings. The van der Waals surface area contributed by atoms with Gasteiger partial charge in [-0.3, -0.25) is 19.6 Å². The van der Waals surface area contributed by atoms with Gasteiger partial charge in [-0.1, -0.05) is 33.6 Å². The molecule has 0 radical (unpaired) electrons. The van der Waals surface area contributed by atoms with Gasteiger partial charge in [-0.25, -0.2) is 9.50 Å². The fraction of sp³-hybridized carbons (Fsp3) is 0.708. The molecule has 1 amide bonds. The fourth-order valence-electron chi connectivity index (χ4n) is 5.68. The maximum absolute atomic E-state index is 13.3. The quantitative estimate of drug-likeness (QED) is 0.803. The molecule has 0 unspecified atom stereocenters. The van der Waals surface area contributed by atoms with E-state index in [1.807, 2.05) is 25.7 Å². The molecule has 2 aromatic rings. The van der Waals surface area contributed by atoms with Gasteiger partial charge >= 0.3 is 0 Å². The first kappa shape index (κ1) is 20.7. The predicted molar refractivity (Wildman–Crippen MR) is 120 cm³/mol. The summed E-state index contributed by atoms with van der Waals surface area (Å²) < 4.78 is 1.65. The second-order valence-electron chi connectivity index (χ2n) is 10.7. The van der Waals surface area contributed by atoms with Crippen LogP contribution in [0.15, 0.2) is 10.9 Å². The molecule has 0 bridgehead atoms. The molecule has 168 valence electrons. The summed E-state index contributed by atoms with van der Waals surface area (Å²) in [5.41, 5.74) is 3.39. The van der Waals surface area contributed by atoms with Crippen molar-refractivity contribution in [1.82, 2.24) is 24.4 Å². The number of carbonyl (C=O) groups excluding carboxylic acids is 1. The van der Waals surface area contributed by atoms with Crippen molar-refractivity contribution in [1.29, 1.82) is 0 Å². The SMILES string of the molecule is CC(C)(C)C(=O)N1CCC(c2cc3nc4c(c(=O)n3[nH]2)CN(C2CCCC2)CC4)CC1. The zero-order chi connectivity index (χ0) is 21.8. The first-order chi connectivity index (χ1) is 14.8. The minimum Gasteiger partial charge on any atom is -0.342 e. The van der Waals surface area contributed by atoms with Crippen LogP contribution in [0.2, 0.25) is 0 Å². The average Bonchev–Trinajstić information content (AvgIpc) is 3.43. The molecule has 2 fully saturated rings. The molecule has 0 spiro atoms. The topological polar surface area (TPSA) is 73.7 Å². The van der Waals surface area contributed by atoms with E-state index in [1.165, 1.54) is 25.7 Å². The van der Waals surface area contributed by atoms with Crippen molar-refractivity contribution < 1.29 is 4.79 Å². The molecule has 2 aliphatic heterocycles. The normalized spacial score (nSPS) is 21.7. The lowest BCUT2D eigenvalue weighted by Gasteiger charge is -2.35. The lowest BCUT2D eigenvalue weighted by atomic mass is 9.90. The Bertz CT molecular complexity index is 1030. The van der Waals surface area contributed by atoms with E-state index < -0.39 is 0 Å².